The zero-order valence-electron chi connectivity index (χ0n) is 11.8. The third kappa shape index (κ3) is 2.65. The number of fused-ring (bicyclic) bond motifs is 1. The van der Waals surface area contributed by atoms with E-state index < -0.39 is 0 Å². The van der Waals surface area contributed by atoms with Crippen LogP contribution in [0.5, 0.6) is 0 Å². The molecule has 0 bridgehead atoms. The summed E-state index contributed by atoms with van der Waals surface area (Å²) in [7, 11) is 4.29. The molecule has 0 amide bonds. The number of aryl methyl sites for hydroxylation is 1. The van der Waals surface area contributed by atoms with Gasteiger partial charge in [0.2, 0.25) is 0 Å². The van der Waals surface area contributed by atoms with Gasteiger partial charge in [0.15, 0.2) is 0 Å². The highest BCUT2D eigenvalue weighted by Gasteiger charge is 2.18. The van der Waals surface area contributed by atoms with E-state index in [2.05, 4.69) is 52.1 Å². The lowest BCUT2D eigenvalue weighted by Crippen LogP contribution is -2.25. The van der Waals surface area contributed by atoms with Crippen molar-refractivity contribution in [3.63, 3.8) is 0 Å². The molecule has 1 aliphatic rings. The molecule has 1 saturated heterocycles. The Bertz CT molecular complexity index is 560. The van der Waals surface area contributed by atoms with Gasteiger partial charge in [0.1, 0.15) is 5.82 Å². The molecule has 1 unspecified atom stereocenters. The molecule has 19 heavy (non-hydrogen) atoms. The van der Waals surface area contributed by atoms with Crippen molar-refractivity contribution >= 4 is 11.0 Å². The van der Waals surface area contributed by atoms with Crippen LogP contribution in [0.2, 0.25) is 0 Å². The number of nitrogens with one attached hydrogen (secondary N) is 1. The van der Waals surface area contributed by atoms with Crippen LogP contribution < -0.4 is 5.32 Å². The van der Waals surface area contributed by atoms with E-state index in [0.29, 0.717) is 0 Å². The molecule has 1 aliphatic heterocycles. The van der Waals surface area contributed by atoms with Crippen molar-refractivity contribution in [2.24, 2.45) is 13.0 Å². The Morgan fingerprint density at radius 2 is 2.16 bits per heavy atom. The number of nitrogens with zero attached hydrogens (tertiary/aromatic N) is 3. The monoisotopic (exact) mass is 258 g/mol. The molecule has 0 aliphatic carbocycles. The molecule has 1 N–H and O–H groups in total. The van der Waals surface area contributed by atoms with E-state index in [1.165, 1.54) is 25.0 Å². The predicted molar refractivity (Wildman–Crippen MR) is 78.0 cm³/mol. The molecule has 0 spiro atoms. The number of benzene rings is 1. The fourth-order valence-corrected chi connectivity index (χ4v) is 2.93. The molecule has 0 saturated carbocycles. The predicted octanol–water partition coefficient (Wildman–Crippen LogP) is 1.61. The summed E-state index contributed by atoms with van der Waals surface area (Å²) in [5.41, 5.74) is 2.29. The van der Waals surface area contributed by atoms with Crippen molar-refractivity contribution in [1.29, 1.82) is 0 Å². The van der Waals surface area contributed by atoms with Crippen LogP contribution in [0.15, 0.2) is 24.3 Å². The van der Waals surface area contributed by atoms with E-state index in [1.807, 2.05) is 6.07 Å². The quantitative estimate of drug-likeness (QED) is 0.904. The molecular weight excluding hydrogens is 236 g/mol. The van der Waals surface area contributed by atoms with Crippen molar-refractivity contribution in [2.45, 2.75) is 13.0 Å². The number of likely N-dealkylation sites (tertiary alicyclic amines) is 1. The number of rotatable bonds is 4. The molecule has 3 rings (SSSR count). The average Bonchev–Trinajstić information content (AvgIpc) is 2.96. The third-order valence-electron chi connectivity index (χ3n) is 4.08. The van der Waals surface area contributed by atoms with E-state index in [1.54, 1.807) is 0 Å². The SMILES string of the molecule is CN1CCC(CNCc2nc3ccccc3n2C)C1. The van der Waals surface area contributed by atoms with Crippen LogP contribution in [0.25, 0.3) is 11.0 Å². The molecule has 0 radical (unpaired) electrons. The number of hydrogen-bond donors (Lipinski definition) is 1. The van der Waals surface area contributed by atoms with Crippen LogP contribution in [0.1, 0.15) is 12.2 Å². The minimum absolute atomic E-state index is 0.791. The zero-order chi connectivity index (χ0) is 13.2. The lowest BCUT2D eigenvalue weighted by Gasteiger charge is -2.11. The second-order valence-electron chi connectivity index (χ2n) is 5.62. The molecule has 1 aromatic carbocycles. The van der Waals surface area contributed by atoms with Gasteiger partial charge in [-0.25, -0.2) is 4.98 Å². The van der Waals surface area contributed by atoms with Crippen LogP contribution in [0, 0.1) is 5.92 Å². The summed E-state index contributed by atoms with van der Waals surface area (Å²) in [6.07, 6.45) is 1.31. The fourth-order valence-electron chi connectivity index (χ4n) is 2.93. The van der Waals surface area contributed by atoms with E-state index in [0.717, 1.165) is 30.3 Å². The maximum absolute atomic E-state index is 4.68. The van der Waals surface area contributed by atoms with Crippen LogP contribution in [-0.2, 0) is 13.6 Å². The van der Waals surface area contributed by atoms with Gasteiger partial charge in [-0.05, 0) is 44.6 Å². The first kappa shape index (κ1) is 12.6. The first-order valence-electron chi connectivity index (χ1n) is 7.03. The summed E-state index contributed by atoms with van der Waals surface area (Å²) in [6.45, 7) is 4.40. The molecular formula is C15H22N4. The van der Waals surface area contributed by atoms with Gasteiger partial charge < -0.3 is 14.8 Å². The molecule has 102 valence electrons. The van der Waals surface area contributed by atoms with E-state index in [-0.39, 0.29) is 0 Å². The second-order valence-corrected chi connectivity index (χ2v) is 5.62. The largest absolute Gasteiger partial charge is 0.330 e. The summed E-state index contributed by atoms with van der Waals surface area (Å²) in [4.78, 5) is 7.09. The molecule has 1 fully saturated rings. The second kappa shape index (κ2) is 5.31. The van der Waals surface area contributed by atoms with Gasteiger partial charge in [-0.3, -0.25) is 0 Å². The highest BCUT2D eigenvalue weighted by molar-refractivity contribution is 5.75. The zero-order valence-corrected chi connectivity index (χ0v) is 11.8. The Morgan fingerprint density at radius 1 is 1.32 bits per heavy atom. The Labute approximate surface area is 114 Å². The summed E-state index contributed by atoms with van der Waals surface area (Å²) < 4.78 is 2.18. The van der Waals surface area contributed by atoms with Crippen molar-refractivity contribution in [3.8, 4) is 0 Å². The van der Waals surface area contributed by atoms with Crippen LogP contribution in [0.4, 0.5) is 0 Å². The Morgan fingerprint density at radius 3 is 2.89 bits per heavy atom. The Kier molecular flexibility index (Phi) is 3.53. The van der Waals surface area contributed by atoms with Crippen molar-refractivity contribution in [3.05, 3.63) is 30.1 Å². The van der Waals surface area contributed by atoms with Crippen molar-refractivity contribution < 1.29 is 0 Å². The van der Waals surface area contributed by atoms with Gasteiger partial charge in [-0.15, -0.1) is 0 Å². The molecule has 4 heteroatoms. The van der Waals surface area contributed by atoms with Crippen LogP contribution >= 0.6 is 0 Å². The Hall–Kier alpha value is -1.39. The highest BCUT2D eigenvalue weighted by atomic mass is 15.1. The van der Waals surface area contributed by atoms with Crippen LogP contribution in [0.3, 0.4) is 0 Å². The van der Waals surface area contributed by atoms with Gasteiger partial charge >= 0.3 is 0 Å². The van der Waals surface area contributed by atoms with Gasteiger partial charge in [0.05, 0.1) is 17.6 Å². The molecule has 2 aromatic rings. The number of aromatic nitrogens is 2. The number of hydrogen-bond acceptors (Lipinski definition) is 3. The maximum Gasteiger partial charge on any atom is 0.123 e. The first-order chi connectivity index (χ1) is 9.24. The normalized spacial score (nSPS) is 20.4. The maximum atomic E-state index is 4.68. The highest BCUT2D eigenvalue weighted by Crippen LogP contribution is 2.15. The van der Waals surface area contributed by atoms with Crippen molar-refractivity contribution in [1.82, 2.24) is 19.8 Å². The standard InChI is InChI=1S/C15H22N4/c1-18-8-7-12(11-18)9-16-10-15-17-13-5-3-4-6-14(13)19(15)2/h3-6,12,16H,7-11H2,1-2H3. The summed E-state index contributed by atoms with van der Waals surface area (Å²) in [5, 5.41) is 3.56. The lowest BCUT2D eigenvalue weighted by molar-refractivity contribution is 0.387. The topological polar surface area (TPSA) is 33.1 Å². The molecule has 1 atom stereocenters. The minimum Gasteiger partial charge on any atom is -0.330 e. The van der Waals surface area contributed by atoms with Crippen molar-refractivity contribution in [2.75, 3.05) is 26.7 Å². The molecule has 4 nitrogen and oxygen atoms in total. The van der Waals surface area contributed by atoms with Gasteiger partial charge in [0, 0.05) is 13.6 Å². The molecule has 2 heterocycles. The lowest BCUT2D eigenvalue weighted by atomic mass is 10.1. The molecule has 1 aromatic heterocycles. The van der Waals surface area contributed by atoms with E-state index in [9.17, 15) is 0 Å². The summed E-state index contributed by atoms with van der Waals surface area (Å²) >= 11 is 0. The van der Waals surface area contributed by atoms with E-state index >= 15 is 0 Å². The summed E-state index contributed by atoms with van der Waals surface area (Å²) in [6, 6.07) is 8.30. The van der Waals surface area contributed by atoms with E-state index in [4.69, 9.17) is 0 Å². The van der Waals surface area contributed by atoms with Gasteiger partial charge in [-0.2, -0.15) is 0 Å². The summed E-state index contributed by atoms with van der Waals surface area (Å²) in [5.74, 6) is 1.91. The first-order valence-corrected chi connectivity index (χ1v) is 7.03. The number of imidazole rings is 1. The van der Waals surface area contributed by atoms with Gasteiger partial charge in [-0.1, -0.05) is 12.1 Å². The fraction of sp³-hybridized carbons (Fsp3) is 0.533. The average molecular weight is 258 g/mol. The van der Waals surface area contributed by atoms with Gasteiger partial charge in [0.25, 0.3) is 0 Å². The van der Waals surface area contributed by atoms with Crippen LogP contribution in [-0.4, -0.2) is 41.1 Å². The Balaban J connectivity index is 1.61. The smallest absolute Gasteiger partial charge is 0.123 e. The number of para-hydroxylation sites is 2. The minimum atomic E-state index is 0.791. The third-order valence-corrected chi connectivity index (χ3v) is 4.08.